The van der Waals surface area contributed by atoms with Gasteiger partial charge in [-0.25, -0.2) is 26.0 Å². The minimum absolute atomic E-state index is 0.0943. The first kappa shape index (κ1) is 24.6. The van der Waals surface area contributed by atoms with Crippen LogP contribution < -0.4 is 0 Å². The molecular weight excluding hydrogens is 538 g/mol. The highest BCUT2D eigenvalue weighted by atomic mass is 35.5. The van der Waals surface area contributed by atoms with E-state index in [1.165, 1.54) is 18.2 Å². The third kappa shape index (κ3) is 3.78. The largest absolute Gasteiger partial charge is 0.450 e. The summed E-state index contributed by atoms with van der Waals surface area (Å²) in [5, 5.41) is 0.538. The van der Waals surface area contributed by atoms with Gasteiger partial charge in [-0.2, -0.15) is 0 Å². The number of carbonyl (C=O) groups excluding carboxylic acids is 2. The van der Waals surface area contributed by atoms with Gasteiger partial charge in [0, 0.05) is 54.2 Å². The minimum Gasteiger partial charge on any atom is -0.450 e. The van der Waals surface area contributed by atoms with Gasteiger partial charge in [0.05, 0.1) is 21.5 Å². The lowest BCUT2D eigenvalue weighted by molar-refractivity contribution is -0.0389. The van der Waals surface area contributed by atoms with Crippen LogP contribution in [0.4, 0.5) is 8.78 Å². The molecule has 0 atom stereocenters. The Labute approximate surface area is 221 Å². The Morgan fingerprint density at radius 1 is 0.974 bits per heavy atom. The Hall–Kier alpha value is -3.76. The molecule has 1 spiro atoms. The summed E-state index contributed by atoms with van der Waals surface area (Å²) in [5.74, 6) is -2.92. The van der Waals surface area contributed by atoms with Gasteiger partial charge in [0.2, 0.25) is 0 Å². The Bertz CT molecular complexity index is 1740. The van der Waals surface area contributed by atoms with E-state index in [1.54, 1.807) is 17.0 Å². The molecule has 1 aromatic heterocycles. The quantitative estimate of drug-likeness (QED) is 0.327. The summed E-state index contributed by atoms with van der Waals surface area (Å²) in [5.41, 5.74) is 0.703. The molecule has 11 heteroatoms. The van der Waals surface area contributed by atoms with E-state index in [0.717, 1.165) is 15.7 Å². The van der Waals surface area contributed by atoms with E-state index in [-0.39, 0.29) is 35.2 Å². The Morgan fingerprint density at radius 3 is 2.37 bits per heavy atom. The molecule has 3 heterocycles. The van der Waals surface area contributed by atoms with Crippen molar-refractivity contribution in [1.29, 1.82) is 0 Å². The monoisotopic (exact) mass is 556 g/mol. The zero-order valence-corrected chi connectivity index (χ0v) is 21.2. The van der Waals surface area contributed by atoms with Gasteiger partial charge in [-0.3, -0.25) is 4.79 Å². The number of esters is 1. The zero-order valence-electron chi connectivity index (χ0n) is 19.7. The molecule has 7 nitrogen and oxygen atoms in total. The van der Waals surface area contributed by atoms with E-state index in [2.05, 4.69) is 0 Å². The molecule has 2 aliphatic rings. The number of likely N-dealkylation sites (tertiary alicyclic amines) is 1. The summed E-state index contributed by atoms with van der Waals surface area (Å²) >= 11 is 6.13. The van der Waals surface area contributed by atoms with Gasteiger partial charge in [-0.05, 0) is 30.3 Å². The SMILES string of the molecule is O=C1OC2(CCN(C(=O)c3cn(S(=O)(=O)c4cc(F)cc(F)c4)c4cc(Cl)ccc34)CC2)c2ccccc21. The summed E-state index contributed by atoms with van der Waals surface area (Å²) < 4.78 is 61.1. The van der Waals surface area contributed by atoms with Crippen molar-refractivity contribution in [3.05, 3.63) is 100 Å². The topological polar surface area (TPSA) is 85.7 Å². The van der Waals surface area contributed by atoms with Gasteiger partial charge < -0.3 is 9.64 Å². The number of amides is 1. The summed E-state index contributed by atoms with van der Waals surface area (Å²) in [6.07, 6.45) is 1.91. The van der Waals surface area contributed by atoms with Gasteiger partial charge in [0.25, 0.3) is 15.9 Å². The second kappa shape index (κ2) is 8.64. The molecule has 4 aromatic rings. The number of nitrogens with zero attached hydrogens (tertiary/aromatic N) is 2. The normalized spacial score (nSPS) is 16.6. The lowest BCUT2D eigenvalue weighted by Gasteiger charge is -2.38. The number of benzene rings is 3. The summed E-state index contributed by atoms with van der Waals surface area (Å²) in [6, 6.07) is 13.6. The maximum absolute atomic E-state index is 13.8. The number of carbonyl (C=O) groups is 2. The first-order valence-electron chi connectivity index (χ1n) is 11.7. The average Bonchev–Trinajstić information content (AvgIpc) is 3.39. The standard InChI is InChI=1S/C27H19ClF2N2O5S/c28-16-5-6-20-22(15-32(24(20)11-16)38(35,36)19-13-17(29)12-18(30)14-19)25(33)31-9-7-27(8-10-31)23-4-2-1-3-21(23)26(34)37-27/h1-6,11-15H,7-10H2. The Morgan fingerprint density at radius 2 is 1.66 bits per heavy atom. The van der Waals surface area contributed by atoms with Crippen molar-refractivity contribution in [2.45, 2.75) is 23.3 Å². The lowest BCUT2D eigenvalue weighted by atomic mass is 9.83. The third-order valence-electron chi connectivity index (χ3n) is 7.14. The molecule has 0 aliphatic carbocycles. The van der Waals surface area contributed by atoms with Crippen LogP contribution >= 0.6 is 11.6 Å². The highest BCUT2D eigenvalue weighted by Gasteiger charge is 2.47. The molecular formula is C27H19ClF2N2O5S. The number of aromatic nitrogens is 1. The molecule has 1 saturated heterocycles. The highest BCUT2D eigenvalue weighted by molar-refractivity contribution is 7.90. The number of fused-ring (bicyclic) bond motifs is 3. The molecule has 0 radical (unpaired) electrons. The predicted molar refractivity (Wildman–Crippen MR) is 135 cm³/mol. The van der Waals surface area contributed by atoms with Crippen molar-refractivity contribution in [2.75, 3.05) is 13.1 Å². The van der Waals surface area contributed by atoms with Crippen LogP contribution in [0.15, 0.2) is 71.8 Å². The molecule has 6 rings (SSSR count). The van der Waals surface area contributed by atoms with Crippen LogP contribution in [0.25, 0.3) is 10.9 Å². The lowest BCUT2D eigenvalue weighted by Crippen LogP contribution is -2.45. The van der Waals surface area contributed by atoms with E-state index in [9.17, 15) is 26.8 Å². The van der Waals surface area contributed by atoms with Crippen molar-refractivity contribution >= 4 is 44.4 Å². The van der Waals surface area contributed by atoms with Crippen LogP contribution in [-0.2, 0) is 20.4 Å². The molecule has 0 unspecified atom stereocenters. The second-order valence-electron chi connectivity index (χ2n) is 9.33. The highest BCUT2D eigenvalue weighted by Crippen LogP contribution is 2.44. The number of rotatable bonds is 3. The van der Waals surface area contributed by atoms with Gasteiger partial charge in [0.1, 0.15) is 17.2 Å². The van der Waals surface area contributed by atoms with Crippen LogP contribution in [-0.4, -0.2) is 42.3 Å². The van der Waals surface area contributed by atoms with Crippen LogP contribution in [0, 0.1) is 11.6 Å². The smallest absolute Gasteiger partial charge is 0.339 e. The molecule has 0 bridgehead atoms. The summed E-state index contributed by atoms with van der Waals surface area (Å²) in [4.78, 5) is 27.0. The van der Waals surface area contributed by atoms with Gasteiger partial charge in [0.15, 0.2) is 0 Å². The third-order valence-corrected chi connectivity index (χ3v) is 9.03. The van der Waals surface area contributed by atoms with Crippen LogP contribution in [0.3, 0.4) is 0 Å². The number of piperidine rings is 1. The maximum atomic E-state index is 13.8. The molecule has 1 fully saturated rings. The Kier molecular flexibility index (Phi) is 5.59. The minimum atomic E-state index is -4.48. The van der Waals surface area contributed by atoms with Crippen molar-refractivity contribution in [3.63, 3.8) is 0 Å². The molecule has 38 heavy (non-hydrogen) atoms. The zero-order chi connectivity index (χ0) is 26.8. The van der Waals surface area contributed by atoms with Gasteiger partial charge in [-0.15, -0.1) is 0 Å². The molecule has 3 aromatic carbocycles. The van der Waals surface area contributed by atoms with E-state index in [1.807, 2.05) is 12.1 Å². The molecule has 0 saturated carbocycles. The Balaban J connectivity index is 1.36. The van der Waals surface area contributed by atoms with Gasteiger partial charge >= 0.3 is 5.97 Å². The molecule has 1 amide bonds. The van der Waals surface area contributed by atoms with E-state index in [0.29, 0.717) is 42.0 Å². The van der Waals surface area contributed by atoms with E-state index in [4.69, 9.17) is 16.3 Å². The first-order chi connectivity index (χ1) is 18.1. The maximum Gasteiger partial charge on any atom is 0.339 e. The van der Waals surface area contributed by atoms with Gasteiger partial charge in [-0.1, -0.05) is 35.9 Å². The average molecular weight is 557 g/mol. The first-order valence-corrected chi connectivity index (χ1v) is 13.6. The molecule has 0 N–H and O–H groups in total. The number of ether oxygens (including phenoxy) is 1. The molecule has 2 aliphatic heterocycles. The number of hydrogen-bond acceptors (Lipinski definition) is 5. The van der Waals surface area contributed by atoms with Crippen molar-refractivity contribution in [1.82, 2.24) is 8.87 Å². The fraction of sp³-hybridized carbons (Fsp3) is 0.185. The van der Waals surface area contributed by atoms with Crippen molar-refractivity contribution in [3.8, 4) is 0 Å². The summed E-state index contributed by atoms with van der Waals surface area (Å²) in [7, 11) is -4.48. The van der Waals surface area contributed by atoms with Crippen molar-refractivity contribution in [2.24, 2.45) is 0 Å². The van der Waals surface area contributed by atoms with E-state index < -0.39 is 38.1 Å². The predicted octanol–water partition coefficient (Wildman–Crippen LogP) is 5.11. The van der Waals surface area contributed by atoms with Crippen LogP contribution in [0.2, 0.25) is 5.02 Å². The fourth-order valence-corrected chi connectivity index (χ4v) is 6.86. The molecule has 194 valence electrons. The summed E-state index contributed by atoms with van der Waals surface area (Å²) in [6.45, 7) is 0.533. The fourth-order valence-electron chi connectivity index (χ4n) is 5.29. The number of hydrogen-bond donors (Lipinski definition) is 0. The van der Waals surface area contributed by atoms with Crippen LogP contribution in [0.1, 0.15) is 39.1 Å². The second-order valence-corrected chi connectivity index (χ2v) is 11.6. The van der Waals surface area contributed by atoms with E-state index >= 15 is 0 Å². The van der Waals surface area contributed by atoms with Crippen molar-refractivity contribution < 1.29 is 31.5 Å². The van der Waals surface area contributed by atoms with Crippen LogP contribution in [0.5, 0.6) is 0 Å². The number of halogens is 3.